The minimum atomic E-state index is 0. The third-order valence-electron chi connectivity index (χ3n) is 3.68. The Bertz CT molecular complexity index is 728. The standard InChI is InChI=1S/C20H27N3O2.HI/c1-14-5-6-17(19(12-14)25-8-7-24-4)13-22-20(21)23-18-10-15(2)9-16(3)11-18;/h5-6,9-12H,7-8,13H2,1-4H3,(H3,21,22,23);1H. The van der Waals surface area contributed by atoms with Crippen LogP contribution >= 0.6 is 24.0 Å². The van der Waals surface area contributed by atoms with E-state index in [0.29, 0.717) is 25.7 Å². The maximum Gasteiger partial charge on any atom is 0.193 e. The van der Waals surface area contributed by atoms with Crippen LogP contribution in [0.4, 0.5) is 5.69 Å². The third-order valence-corrected chi connectivity index (χ3v) is 3.68. The summed E-state index contributed by atoms with van der Waals surface area (Å²) in [6.45, 7) is 7.65. The molecule has 0 aliphatic heterocycles. The molecule has 2 aromatic carbocycles. The predicted molar refractivity (Wildman–Crippen MR) is 119 cm³/mol. The zero-order valence-electron chi connectivity index (χ0n) is 15.8. The Morgan fingerprint density at radius 2 is 1.69 bits per heavy atom. The molecule has 0 unspecified atom stereocenters. The Balaban J connectivity index is 0.00000338. The summed E-state index contributed by atoms with van der Waals surface area (Å²) in [5.74, 6) is 1.20. The maximum atomic E-state index is 6.03. The van der Waals surface area contributed by atoms with Crippen molar-refractivity contribution in [2.75, 3.05) is 25.6 Å². The number of ether oxygens (including phenoxy) is 2. The molecular weight excluding hydrogens is 441 g/mol. The minimum Gasteiger partial charge on any atom is -0.491 e. The summed E-state index contributed by atoms with van der Waals surface area (Å²) < 4.78 is 10.8. The highest BCUT2D eigenvalue weighted by Crippen LogP contribution is 2.21. The van der Waals surface area contributed by atoms with Crippen molar-refractivity contribution >= 4 is 35.6 Å². The molecule has 0 spiro atoms. The number of halogens is 1. The lowest BCUT2D eigenvalue weighted by Crippen LogP contribution is -2.22. The first-order valence-electron chi connectivity index (χ1n) is 8.34. The normalized spacial score (nSPS) is 11.0. The summed E-state index contributed by atoms with van der Waals surface area (Å²) in [7, 11) is 1.66. The quantitative estimate of drug-likeness (QED) is 0.276. The van der Waals surface area contributed by atoms with E-state index >= 15 is 0 Å². The van der Waals surface area contributed by atoms with Gasteiger partial charge in [0.1, 0.15) is 12.4 Å². The van der Waals surface area contributed by atoms with E-state index < -0.39 is 0 Å². The second-order valence-electron chi connectivity index (χ2n) is 6.16. The molecule has 2 aromatic rings. The van der Waals surface area contributed by atoms with Gasteiger partial charge in [-0.15, -0.1) is 24.0 Å². The van der Waals surface area contributed by atoms with Gasteiger partial charge in [-0.25, -0.2) is 4.99 Å². The molecule has 0 aliphatic rings. The van der Waals surface area contributed by atoms with Crippen molar-refractivity contribution in [3.05, 3.63) is 58.7 Å². The number of guanidine groups is 1. The SMILES string of the molecule is COCCOc1cc(C)ccc1CN=C(N)Nc1cc(C)cc(C)c1.I. The van der Waals surface area contributed by atoms with Crippen molar-refractivity contribution in [3.8, 4) is 5.75 Å². The number of benzene rings is 2. The lowest BCUT2D eigenvalue weighted by molar-refractivity contribution is 0.146. The van der Waals surface area contributed by atoms with Gasteiger partial charge in [-0.1, -0.05) is 18.2 Å². The molecule has 0 amide bonds. The van der Waals surface area contributed by atoms with E-state index in [4.69, 9.17) is 15.2 Å². The van der Waals surface area contributed by atoms with Gasteiger partial charge in [0.2, 0.25) is 0 Å². The van der Waals surface area contributed by atoms with Crippen LogP contribution in [-0.4, -0.2) is 26.3 Å². The number of anilines is 1. The van der Waals surface area contributed by atoms with E-state index in [1.807, 2.05) is 37.3 Å². The number of methoxy groups -OCH3 is 1. The van der Waals surface area contributed by atoms with Gasteiger partial charge < -0.3 is 20.5 Å². The van der Waals surface area contributed by atoms with Gasteiger partial charge in [-0.2, -0.15) is 0 Å². The van der Waals surface area contributed by atoms with Crippen LogP contribution in [0.5, 0.6) is 5.75 Å². The number of nitrogens with two attached hydrogens (primary N) is 1. The second kappa shape index (κ2) is 11.0. The largest absolute Gasteiger partial charge is 0.491 e. The van der Waals surface area contributed by atoms with Gasteiger partial charge in [0, 0.05) is 18.4 Å². The monoisotopic (exact) mass is 469 g/mol. The summed E-state index contributed by atoms with van der Waals surface area (Å²) in [4.78, 5) is 4.44. The highest BCUT2D eigenvalue weighted by Gasteiger charge is 2.05. The van der Waals surface area contributed by atoms with Gasteiger partial charge >= 0.3 is 0 Å². The van der Waals surface area contributed by atoms with Crippen LogP contribution in [0.2, 0.25) is 0 Å². The molecule has 0 atom stereocenters. The lowest BCUT2D eigenvalue weighted by Gasteiger charge is -2.12. The summed E-state index contributed by atoms with van der Waals surface area (Å²) >= 11 is 0. The van der Waals surface area contributed by atoms with Crippen LogP contribution in [0, 0.1) is 20.8 Å². The predicted octanol–water partition coefficient (Wildman–Crippen LogP) is 4.18. The van der Waals surface area contributed by atoms with Crippen molar-refractivity contribution in [1.29, 1.82) is 0 Å². The van der Waals surface area contributed by atoms with Crippen molar-refractivity contribution in [1.82, 2.24) is 0 Å². The molecule has 0 saturated heterocycles. The smallest absolute Gasteiger partial charge is 0.193 e. The number of aliphatic imine (C=N–C) groups is 1. The van der Waals surface area contributed by atoms with Gasteiger partial charge in [0.05, 0.1) is 13.2 Å². The van der Waals surface area contributed by atoms with Crippen LogP contribution in [0.25, 0.3) is 0 Å². The second-order valence-corrected chi connectivity index (χ2v) is 6.16. The minimum absolute atomic E-state index is 0. The van der Waals surface area contributed by atoms with E-state index in [-0.39, 0.29) is 24.0 Å². The highest BCUT2D eigenvalue weighted by molar-refractivity contribution is 14.0. The number of rotatable bonds is 7. The van der Waals surface area contributed by atoms with Gasteiger partial charge in [0.15, 0.2) is 5.96 Å². The Hall–Kier alpha value is -1.80. The van der Waals surface area contributed by atoms with Crippen LogP contribution in [0.1, 0.15) is 22.3 Å². The zero-order chi connectivity index (χ0) is 18.2. The lowest BCUT2D eigenvalue weighted by atomic mass is 10.1. The molecule has 0 aromatic heterocycles. The molecule has 142 valence electrons. The molecule has 0 fully saturated rings. The van der Waals surface area contributed by atoms with Crippen LogP contribution in [0.3, 0.4) is 0 Å². The zero-order valence-corrected chi connectivity index (χ0v) is 18.2. The van der Waals surface area contributed by atoms with E-state index in [2.05, 4.69) is 30.2 Å². The fourth-order valence-electron chi connectivity index (χ4n) is 2.57. The Morgan fingerprint density at radius 1 is 1.00 bits per heavy atom. The Morgan fingerprint density at radius 3 is 2.35 bits per heavy atom. The van der Waals surface area contributed by atoms with E-state index in [1.54, 1.807) is 7.11 Å². The van der Waals surface area contributed by atoms with Crippen LogP contribution in [-0.2, 0) is 11.3 Å². The molecule has 6 heteroatoms. The third kappa shape index (κ3) is 7.21. The van der Waals surface area contributed by atoms with Crippen molar-refractivity contribution in [3.63, 3.8) is 0 Å². The fraction of sp³-hybridized carbons (Fsp3) is 0.350. The van der Waals surface area contributed by atoms with Crippen LogP contribution in [0.15, 0.2) is 41.4 Å². The average molecular weight is 469 g/mol. The summed E-state index contributed by atoms with van der Waals surface area (Å²) in [6.07, 6.45) is 0. The van der Waals surface area contributed by atoms with Crippen molar-refractivity contribution in [2.45, 2.75) is 27.3 Å². The molecule has 0 radical (unpaired) electrons. The molecule has 2 rings (SSSR count). The molecule has 0 bridgehead atoms. The summed E-state index contributed by atoms with van der Waals surface area (Å²) in [5.41, 5.74) is 11.5. The summed E-state index contributed by atoms with van der Waals surface area (Å²) in [6, 6.07) is 12.3. The van der Waals surface area contributed by atoms with Crippen molar-refractivity contribution < 1.29 is 9.47 Å². The molecule has 5 nitrogen and oxygen atoms in total. The number of nitrogens with one attached hydrogen (secondary N) is 1. The van der Waals surface area contributed by atoms with Gasteiger partial charge in [-0.3, -0.25) is 0 Å². The maximum absolute atomic E-state index is 6.03. The van der Waals surface area contributed by atoms with E-state index in [9.17, 15) is 0 Å². The van der Waals surface area contributed by atoms with Crippen molar-refractivity contribution in [2.24, 2.45) is 10.7 Å². The molecular formula is C20H28IN3O2. The first-order valence-corrected chi connectivity index (χ1v) is 8.34. The highest BCUT2D eigenvalue weighted by atomic mass is 127. The van der Waals surface area contributed by atoms with Crippen LogP contribution < -0.4 is 15.8 Å². The van der Waals surface area contributed by atoms with E-state index in [1.165, 1.54) is 11.1 Å². The van der Waals surface area contributed by atoms with Gasteiger partial charge in [0.25, 0.3) is 0 Å². The van der Waals surface area contributed by atoms with E-state index in [0.717, 1.165) is 22.6 Å². The first kappa shape index (κ1) is 22.2. The average Bonchev–Trinajstić information content (AvgIpc) is 2.53. The molecule has 26 heavy (non-hydrogen) atoms. The molecule has 0 heterocycles. The number of nitrogens with zero attached hydrogens (tertiary/aromatic N) is 1. The number of hydrogen-bond donors (Lipinski definition) is 2. The molecule has 0 aliphatic carbocycles. The van der Waals surface area contributed by atoms with Gasteiger partial charge in [-0.05, 0) is 55.7 Å². The number of hydrogen-bond acceptors (Lipinski definition) is 3. The summed E-state index contributed by atoms with van der Waals surface area (Å²) in [5, 5.41) is 3.14. The topological polar surface area (TPSA) is 68.9 Å². The first-order chi connectivity index (χ1) is 12.0. The number of aryl methyl sites for hydroxylation is 3. The molecule has 3 N–H and O–H groups in total. The Labute approximate surface area is 173 Å². The molecule has 0 saturated carbocycles. The Kier molecular flexibility index (Phi) is 9.43. The fourth-order valence-corrected chi connectivity index (χ4v) is 2.57.